The van der Waals surface area contributed by atoms with Crippen molar-refractivity contribution in [2.45, 2.75) is 30.7 Å². The lowest BCUT2D eigenvalue weighted by Crippen LogP contribution is -2.45. The summed E-state index contributed by atoms with van der Waals surface area (Å²) in [5.41, 5.74) is 0.685. The molecule has 0 fully saturated rings. The van der Waals surface area contributed by atoms with Gasteiger partial charge in [-0.05, 0) is 43.5 Å². The number of amides is 1. The van der Waals surface area contributed by atoms with E-state index in [1.54, 1.807) is 7.05 Å². The van der Waals surface area contributed by atoms with Gasteiger partial charge in [-0.15, -0.1) is 0 Å². The van der Waals surface area contributed by atoms with E-state index in [0.29, 0.717) is 19.4 Å². The van der Waals surface area contributed by atoms with Gasteiger partial charge in [-0.2, -0.15) is 5.10 Å². The molecule has 0 aromatic heterocycles. The van der Waals surface area contributed by atoms with E-state index in [2.05, 4.69) is 15.7 Å². The zero-order chi connectivity index (χ0) is 23.3. The Morgan fingerprint density at radius 1 is 1.28 bits per heavy atom. The summed E-state index contributed by atoms with van der Waals surface area (Å²) in [5.74, 6) is -1.77. The van der Waals surface area contributed by atoms with Gasteiger partial charge >= 0.3 is 0 Å². The van der Waals surface area contributed by atoms with Crippen LogP contribution in [-0.4, -0.2) is 46.7 Å². The number of benzene rings is 2. The molecule has 2 aromatic carbocycles. The summed E-state index contributed by atoms with van der Waals surface area (Å²) in [6.07, 6.45) is -0.423. The average molecular weight is 462 g/mol. The van der Waals surface area contributed by atoms with Crippen LogP contribution in [0.25, 0.3) is 0 Å². The molecule has 4 N–H and O–H groups in total. The summed E-state index contributed by atoms with van der Waals surface area (Å²) in [5, 5.41) is 29.0. The number of carbonyl (C=O) groups is 1. The molecular weight excluding hydrogens is 436 g/mol. The van der Waals surface area contributed by atoms with Crippen molar-refractivity contribution in [3.8, 4) is 0 Å². The number of nitrogens with one attached hydrogen (secondary N) is 3. The van der Waals surface area contributed by atoms with Crippen molar-refractivity contribution in [3.63, 3.8) is 0 Å². The number of hydrazone groups is 1. The van der Waals surface area contributed by atoms with Crippen molar-refractivity contribution in [1.82, 2.24) is 15.6 Å². The zero-order valence-corrected chi connectivity index (χ0v) is 18.5. The second kappa shape index (κ2) is 10.1. The maximum absolute atomic E-state index is 14.5. The second-order valence-corrected chi connectivity index (χ2v) is 8.53. The first-order valence-corrected chi connectivity index (χ1v) is 10.9. The third-order valence-corrected chi connectivity index (χ3v) is 6.44. The van der Waals surface area contributed by atoms with Crippen LogP contribution < -0.4 is 10.6 Å². The molecule has 2 atom stereocenters. The number of hydrogen-bond donors (Lipinski definition) is 4. The fourth-order valence-electron chi connectivity index (χ4n) is 3.38. The summed E-state index contributed by atoms with van der Waals surface area (Å²) in [7, 11) is 1.63. The lowest BCUT2D eigenvalue weighted by molar-refractivity contribution is -0.143. The van der Waals surface area contributed by atoms with E-state index in [4.69, 9.17) is 5.41 Å². The quantitative estimate of drug-likeness (QED) is 0.289. The largest absolute Gasteiger partial charge is 0.383 e. The van der Waals surface area contributed by atoms with E-state index in [0.717, 1.165) is 35.5 Å². The van der Waals surface area contributed by atoms with Gasteiger partial charge < -0.3 is 15.7 Å². The Kier molecular flexibility index (Phi) is 7.47. The molecule has 170 valence electrons. The van der Waals surface area contributed by atoms with Crippen LogP contribution in [0.3, 0.4) is 0 Å². The van der Waals surface area contributed by atoms with Gasteiger partial charge in [0.1, 0.15) is 27.7 Å². The normalized spacial score (nSPS) is 18.8. The van der Waals surface area contributed by atoms with E-state index in [-0.39, 0.29) is 16.6 Å². The topological polar surface area (TPSA) is 101 Å². The van der Waals surface area contributed by atoms with Crippen molar-refractivity contribution in [2.24, 2.45) is 5.10 Å². The second-order valence-electron chi connectivity index (χ2n) is 7.26. The number of aliphatic hydroxyl groups excluding tert-OH is 1. The molecule has 0 aliphatic carbocycles. The van der Waals surface area contributed by atoms with Gasteiger partial charge in [0.05, 0.1) is 0 Å². The smallest absolute Gasteiger partial charge is 0.272 e. The van der Waals surface area contributed by atoms with E-state index < -0.39 is 28.5 Å². The van der Waals surface area contributed by atoms with Gasteiger partial charge in [0.2, 0.25) is 0 Å². The lowest BCUT2D eigenvalue weighted by atomic mass is 9.99. The molecule has 1 unspecified atom stereocenters. The van der Waals surface area contributed by atoms with Crippen molar-refractivity contribution in [1.29, 1.82) is 5.41 Å². The molecular formula is C22H25F2N5O2S. The first kappa shape index (κ1) is 23.7. The number of carbonyl (C=O) groups excluding carboxylic acids is 1. The standard InChI is InChI=1S/C22H25F2N5O2S/c1-14(30)20(31)29-22(15-7-4-3-5-8-15,11-6-12-27-21(25)26-2)32-19(28-29)17-13-16(23)9-10-18(17)24/h3-5,7-10,13-14,30H,6,11-12H2,1-2H3,(H3,25,26,27)/t14-,22?/m0/s1. The van der Waals surface area contributed by atoms with Crippen molar-refractivity contribution in [2.75, 3.05) is 13.6 Å². The fraction of sp³-hybridized carbons (Fsp3) is 0.318. The maximum atomic E-state index is 14.5. The highest BCUT2D eigenvalue weighted by Gasteiger charge is 2.49. The molecule has 10 heteroatoms. The summed E-state index contributed by atoms with van der Waals surface area (Å²) >= 11 is 1.15. The van der Waals surface area contributed by atoms with Crippen LogP contribution in [0.5, 0.6) is 0 Å². The number of hydrogen-bond acceptors (Lipinski definition) is 5. The molecule has 0 spiro atoms. The summed E-state index contributed by atoms with van der Waals surface area (Å²) in [6, 6.07) is 12.2. The number of rotatable bonds is 7. The number of thioether (sulfide) groups is 1. The third-order valence-electron chi connectivity index (χ3n) is 4.99. The minimum Gasteiger partial charge on any atom is -0.383 e. The molecule has 7 nitrogen and oxygen atoms in total. The molecule has 2 aromatic rings. The van der Waals surface area contributed by atoms with Crippen LogP contribution in [0, 0.1) is 17.0 Å². The summed E-state index contributed by atoms with van der Waals surface area (Å²) in [6.45, 7) is 1.78. The van der Waals surface area contributed by atoms with Crippen molar-refractivity contribution >= 4 is 28.7 Å². The first-order valence-electron chi connectivity index (χ1n) is 10.1. The van der Waals surface area contributed by atoms with Gasteiger partial charge in [0.15, 0.2) is 5.96 Å². The van der Waals surface area contributed by atoms with Crippen molar-refractivity contribution < 1.29 is 18.7 Å². The first-order chi connectivity index (χ1) is 15.3. The lowest BCUT2D eigenvalue weighted by Gasteiger charge is -2.36. The highest BCUT2D eigenvalue weighted by molar-refractivity contribution is 8.15. The van der Waals surface area contributed by atoms with Crippen LogP contribution in [-0.2, 0) is 9.67 Å². The Balaban J connectivity index is 2.03. The van der Waals surface area contributed by atoms with Crippen LogP contribution in [0.2, 0.25) is 0 Å². The van der Waals surface area contributed by atoms with Gasteiger partial charge in [0.25, 0.3) is 5.91 Å². The molecule has 1 aliphatic heterocycles. The molecule has 1 heterocycles. The maximum Gasteiger partial charge on any atom is 0.272 e. The number of halogens is 2. The van der Waals surface area contributed by atoms with E-state index >= 15 is 0 Å². The van der Waals surface area contributed by atoms with Gasteiger partial charge in [0, 0.05) is 19.2 Å². The average Bonchev–Trinajstić information content (AvgIpc) is 3.18. The van der Waals surface area contributed by atoms with Crippen LogP contribution in [0.4, 0.5) is 8.78 Å². The fourth-order valence-corrected chi connectivity index (χ4v) is 4.81. The van der Waals surface area contributed by atoms with Crippen LogP contribution >= 0.6 is 11.8 Å². The van der Waals surface area contributed by atoms with E-state index in [1.807, 2.05) is 30.3 Å². The van der Waals surface area contributed by atoms with E-state index in [9.17, 15) is 18.7 Å². The predicted molar refractivity (Wildman–Crippen MR) is 121 cm³/mol. The number of nitrogens with zero attached hydrogens (tertiary/aromatic N) is 2. The van der Waals surface area contributed by atoms with Crippen LogP contribution in [0.1, 0.15) is 30.9 Å². The molecule has 0 radical (unpaired) electrons. The summed E-state index contributed by atoms with van der Waals surface area (Å²) in [4.78, 5) is 11.9. The van der Waals surface area contributed by atoms with Gasteiger partial charge in [-0.3, -0.25) is 10.2 Å². The molecule has 0 saturated heterocycles. The minimum absolute atomic E-state index is 0.0497. The molecule has 0 saturated carbocycles. The number of aliphatic hydroxyl groups is 1. The zero-order valence-electron chi connectivity index (χ0n) is 17.7. The predicted octanol–water partition coefficient (Wildman–Crippen LogP) is 2.96. The molecule has 0 bridgehead atoms. The number of guanidine groups is 1. The highest BCUT2D eigenvalue weighted by Crippen LogP contribution is 2.50. The van der Waals surface area contributed by atoms with E-state index in [1.165, 1.54) is 11.9 Å². The SMILES string of the molecule is CNC(=N)NCCCC1(c2ccccc2)SC(c2cc(F)ccc2F)=NN1C(=O)[C@H](C)O. The highest BCUT2D eigenvalue weighted by atomic mass is 32.2. The Labute approximate surface area is 189 Å². The molecule has 1 amide bonds. The van der Waals surface area contributed by atoms with Gasteiger partial charge in [-0.1, -0.05) is 42.1 Å². The van der Waals surface area contributed by atoms with Crippen LogP contribution in [0.15, 0.2) is 53.6 Å². The summed E-state index contributed by atoms with van der Waals surface area (Å²) < 4.78 is 28.4. The Hall–Kier alpha value is -2.98. The molecule has 3 rings (SSSR count). The van der Waals surface area contributed by atoms with Gasteiger partial charge in [-0.25, -0.2) is 13.8 Å². The Morgan fingerprint density at radius 2 is 2.00 bits per heavy atom. The third kappa shape index (κ3) is 4.91. The molecule has 32 heavy (non-hydrogen) atoms. The molecule has 1 aliphatic rings. The van der Waals surface area contributed by atoms with Crippen molar-refractivity contribution in [3.05, 3.63) is 71.3 Å². The Morgan fingerprint density at radius 3 is 2.66 bits per heavy atom. The monoisotopic (exact) mass is 461 g/mol. The Bertz CT molecular complexity index is 1020. The minimum atomic E-state index is -1.34.